The highest BCUT2D eigenvalue weighted by Gasteiger charge is 2.06. The monoisotopic (exact) mass is 270 g/mol. The number of aryl methyl sites for hydroxylation is 2. The van der Waals surface area contributed by atoms with Crippen molar-refractivity contribution in [3.05, 3.63) is 58.7 Å². The molecule has 4 heteroatoms. The summed E-state index contributed by atoms with van der Waals surface area (Å²) in [5.41, 5.74) is 15.2. The molecule has 0 fully saturated rings. The van der Waals surface area contributed by atoms with Crippen LogP contribution < -0.4 is 16.2 Å². The van der Waals surface area contributed by atoms with Gasteiger partial charge in [-0.25, -0.2) is 0 Å². The van der Waals surface area contributed by atoms with Gasteiger partial charge in [0.2, 0.25) is 5.91 Å². The van der Waals surface area contributed by atoms with E-state index in [4.69, 9.17) is 16.2 Å². The minimum absolute atomic E-state index is 0.428. The van der Waals surface area contributed by atoms with E-state index >= 15 is 0 Å². The van der Waals surface area contributed by atoms with Crippen molar-refractivity contribution < 1.29 is 9.53 Å². The predicted octanol–water partition coefficient (Wildman–Crippen LogP) is 2.56. The Labute approximate surface area is 118 Å². The van der Waals surface area contributed by atoms with Gasteiger partial charge in [-0.05, 0) is 54.8 Å². The molecule has 0 bridgehead atoms. The lowest BCUT2D eigenvalue weighted by atomic mass is 10.1. The van der Waals surface area contributed by atoms with Crippen molar-refractivity contribution in [2.45, 2.75) is 20.5 Å². The molecule has 4 N–H and O–H groups in total. The zero-order chi connectivity index (χ0) is 14.7. The number of benzene rings is 2. The van der Waals surface area contributed by atoms with E-state index in [1.54, 1.807) is 12.1 Å². The number of carbonyl (C=O) groups excluding carboxylic acids is 1. The molecule has 0 aliphatic carbocycles. The van der Waals surface area contributed by atoms with Gasteiger partial charge in [0.15, 0.2) is 0 Å². The molecule has 0 unspecified atom stereocenters. The molecule has 20 heavy (non-hydrogen) atoms. The number of nitrogens with two attached hydrogens (primary N) is 2. The summed E-state index contributed by atoms with van der Waals surface area (Å²) in [6.45, 7) is 4.37. The first kappa shape index (κ1) is 13.9. The van der Waals surface area contributed by atoms with E-state index in [1.165, 1.54) is 0 Å². The largest absolute Gasteiger partial charge is 0.488 e. The summed E-state index contributed by atoms with van der Waals surface area (Å²) in [5.74, 6) is 0.417. The third-order valence-corrected chi connectivity index (χ3v) is 3.10. The average molecular weight is 270 g/mol. The maximum atomic E-state index is 11.0. The lowest BCUT2D eigenvalue weighted by Gasteiger charge is -2.13. The van der Waals surface area contributed by atoms with Crippen molar-refractivity contribution in [3.8, 4) is 5.75 Å². The Morgan fingerprint density at radius 3 is 2.15 bits per heavy atom. The molecule has 0 heterocycles. The molecule has 0 spiro atoms. The van der Waals surface area contributed by atoms with Gasteiger partial charge in [-0.1, -0.05) is 12.1 Å². The minimum atomic E-state index is -0.428. The van der Waals surface area contributed by atoms with Crippen LogP contribution in [0.25, 0.3) is 0 Å². The molecular weight excluding hydrogens is 252 g/mol. The number of rotatable bonds is 4. The molecule has 0 saturated carbocycles. The van der Waals surface area contributed by atoms with E-state index in [9.17, 15) is 4.79 Å². The highest BCUT2D eigenvalue weighted by molar-refractivity contribution is 5.92. The Balaban J connectivity index is 2.11. The summed E-state index contributed by atoms with van der Waals surface area (Å²) in [5, 5.41) is 0. The summed E-state index contributed by atoms with van der Waals surface area (Å²) >= 11 is 0. The minimum Gasteiger partial charge on any atom is -0.488 e. The second-order valence-electron chi connectivity index (χ2n) is 4.83. The van der Waals surface area contributed by atoms with Gasteiger partial charge in [0.05, 0.1) is 0 Å². The predicted molar refractivity (Wildman–Crippen MR) is 79.6 cm³/mol. The van der Waals surface area contributed by atoms with Crippen molar-refractivity contribution >= 4 is 11.6 Å². The number of hydrogen-bond donors (Lipinski definition) is 2. The van der Waals surface area contributed by atoms with Crippen LogP contribution >= 0.6 is 0 Å². The molecule has 104 valence electrons. The highest BCUT2D eigenvalue weighted by Crippen LogP contribution is 2.26. The average Bonchev–Trinajstić information content (AvgIpc) is 2.38. The van der Waals surface area contributed by atoms with Crippen molar-refractivity contribution in [3.63, 3.8) is 0 Å². The van der Waals surface area contributed by atoms with Crippen LogP contribution in [0.4, 0.5) is 5.69 Å². The fraction of sp³-hybridized carbons (Fsp3) is 0.188. The maximum Gasteiger partial charge on any atom is 0.248 e. The number of primary amides is 1. The Hall–Kier alpha value is -2.49. The molecule has 2 aromatic rings. The molecule has 1 amide bonds. The van der Waals surface area contributed by atoms with Crippen LogP contribution in [-0.4, -0.2) is 5.91 Å². The van der Waals surface area contributed by atoms with Gasteiger partial charge in [0.1, 0.15) is 12.4 Å². The summed E-state index contributed by atoms with van der Waals surface area (Å²) in [6.07, 6.45) is 0. The van der Waals surface area contributed by atoms with Gasteiger partial charge in [-0.2, -0.15) is 0 Å². The van der Waals surface area contributed by atoms with Crippen molar-refractivity contribution in [2.75, 3.05) is 5.73 Å². The van der Waals surface area contributed by atoms with Crippen LogP contribution in [-0.2, 0) is 6.61 Å². The first-order chi connectivity index (χ1) is 9.47. The summed E-state index contributed by atoms with van der Waals surface area (Å²) in [6, 6.07) is 10.8. The van der Waals surface area contributed by atoms with Gasteiger partial charge in [-0.15, -0.1) is 0 Å². The van der Waals surface area contributed by atoms with E-state index in [0.29, 0.717) is 12.2 Å². The molecular formula is C16H18N2O2. The van der Waals surface area contributed by atoms with Gasteiger partial charge >= 0.3 is 0 Å². The molecule has 2 aromatic carbocycles. The van der Waals surface area contributed by atoms with Crippen LogP contribution in [0.2, 0.25) is 0 Å². The van der Waals surface area contributed by atoms with Crippen molar-refractivity contribution in [1.29, 1.82) is 0 Å². The fourth-order valence-electron chi connectivity index (χ4n) is 2.13. The Morgan fingerprint density at radius 2 is 1.65 bits per heavy atom. The van der Waals surface area contributed by atoms with E-state index in [0.717, 1.165) is 28.1 Å². The lowest BCUT2D eigenvalue weighted by Crippen LogP contribution is -2.10. The van der Waals surface area contributed by atoms with Crippen LogP contribution in [0.1, 0.15) is 27.0 Å². The smallest absolute Gasteiger partial charge is 0.248 e. The number of anilines is 1. The van der Waals surface area contributed by atoms with Crippen molar-refractivity contribution in [2.24, 2.45) is 5.73 Å². The first-order valence-corrected chi connectivity index (χ1v) is 6.35. The number of carbonyl (C=O) groups is 1. The van der Waals surface area contributed by atoms with Crippen LogP contribution in [0, 0.1) is 13.8 Å². The zero-order valence-corrected chi connectivity index (χ0v) is 11.6. The van der Waals surface area contributed by atoms with Crippen molar-refractivity contribution in [1.82, 2.24) is 0 Å². The quantitative estimate of drug-likeness (QED) is 0.838. The van der Waals surface area contributed by atoms with Crippen LogP contribution in [0.5, 0.6) is 5.75 Å². The lowest BCUT2D eigenvalue weighted by molar-refractivity contribution is 0.1000. The number of amides is 1. The third-order valence-electron chi connectivity index (χ3n) is 3.10. The van der Waals surface area contributed by atoms with Gasteiger partial charge in [0.25, 0.3) is 0 Å². The molecule has 4 nitrogen and oxygen atoms in total. The van der Waals surface area contributed by atoms with E-state index < -0.39 is 5.91 Å². The van der Waals surface area contributed by atoms with Gasteiger partial charge in [-0.3, -0.25) is 4.79 Å². The Bertz CT molecular complexity index is 610. The molecule has 0 aromatic heterocycles. The van der Waals surface area contributed by atoms with Crippen LogP contribution in [0.3, 0.4) is 0 Å². The molecule has 0 aliphatic rings. The molecule has 0 aliphatic heterocycles. The topological polar surface area (TPSA) is 78.3 Å². The second-order valence-corrected chi connectivity index (χ2v) is 4.83. The van der Waals surface area contributed by atoms with Gasteiger partial charge in [0, 0.05) is 11.3 Å². The molecule has 0 radical (unpaired) electrons. The summed E-state index contributed by atoms with van der Waals surface area (Å²) in [4.78, 5) is 11.0. The van der Waals surface area contributed by atoms with E-state index in [1.807, 2.05) is 38.1 Å². The highest BCUT2D eigenvalue weighted by atomic mass is 16.5. The fourth-order valence-corrected chi connectivity index (χ4v) is 2.13. The van der Waals surface area contributed by atoms with Gasteiger partial charge < -0.3 is 16.2 Å². The molecule has 0 atom stereocenters. The number of hydrogen-bond acceptors (Lipinski definition) is 3. The number of nitrogen functional groups attached to an aromatic ring is 1. The Morgan fingerprint density at radius 1 is 1.10 bits per heavy atom. The standard InChI is InChI=1S/C16H18N2O2/c1-10-7-14(17)8-11(2)15(10)20-9-12-3-5-13(6-4-12)16(18)19/h3-8H,9,17H2,1-2H3,(H2,18,19). The molecule has 2 rings (SSSR count). The maximum absolute atomic E-state index is 11.0. The number of ether oxygens (including phenoxy) is 1. The first-order valence-electron chi connectivity index (χ1n) is 6.35. The van der Waals surface area contributed by atoms with Crippen LogP contribution in [0.15, 0.2) is 36.4 Å². The Kier molecular flexibility index (Phi) is 3.94. The SMILES string of the molecule is Cc1cc(N)cc(C)c1OCc1ccc(C(N)=O)cc1. The normalized spacial score (nSPS) is 10.3. The summed E-state index contributed by atoms with van der Waals surface area (Å²) < 4.78 is 5.84. The third kappa shape index (κ3) is 3.09. The van der Waals surface area contributed by atoms with E-state index in [2.05, 4.69) is 0 Å². The molecule has 0 saturated heterocycles. The summed E-state index contributed by atoms with van der Waals surface area (Å²) in [7, 11) is 0. The second kappa shape index (κ2) is 5.65. The zero-order valence-electron chi connectivity index (χ0n) is 11.6. The van der Waals surface area contributed by atoms with E-state index in [-0.39, 0.29) is 0 Å².